The van der Waals surface area contributed by atoms with E-state index in [0.29, 0.717) is 5.75 Å². The van der Waals surface area contributed by atoms with E-state index < -0.39 is 18.1 Å². The lowest BCUT2D eigenvalue weighted by Gasteiger charge is -2.23. The van der Waals surface area contributed by atoms with Crippen molar-refractivity contribution in [3.63, 3.8) is 0 Å². The van der Waals surface area contributed by atoms with Crippen molar-refractivity contribution in [2.75, 3.05) is 20.8 Å². The second-order valence-electron chi connectivity index (χ2n) is 5.31. The molecule has 2 N–H and O–H groups in total. The Balaban J connectivity index is 2.15. The molecule has 1 saturated carbocycles. The van der Waals surface area contributed by atoms with Crippen LogP contribution in [0.15, 0.2) is 18.2 Å². The zero-order chi connectivity index (χ0) is 17.0. The van der Waals surface area contributed by atoms with E-state index >= 15 is 0 Å². The van der Waals surface area contributed by atoms with E-state index in [1.807, 2.05) is 5.32 Å². The molecule has 1 fully saturated rings. The topological polar surface area (TPSA) is 59.6 Å². The number of carbonyl (C=O) groups is 1. The summed E-state index contributed by atoms with van der Waals surface area (Å²) < 4.78 is 49.9. The van der Waals surface area contributed by atoms with Gasteiger partial charge in [0.25, 0.3) is 0 Å². The lowest BCUT2D eigenvalue weighted by atomic mass is 10.1. The summed E-state index contributed by atoms with van der Waals surface area (Å²) in [6, 6.07) is 1.99. The number of amides is 1. The van der Waals surface area contributed by atoms with Crippen molar-refractivity contribution < 1.29 is 27.4 Å². The molecule has 1 unspecified atom stereocenters. The largest absolute Gasteiger partial charge is 0.493 e. The number of halogens is 3. The summed E-state index contributed by atoms with van der Waals surface area (Å²) in [5, 5.41) is 4.90. The SMILES string of the molecule is COc1ccc(C(NC(=O)CNC2CC2)C(F)(F)F)cc1OC. The van der Waals surface area contributed by atoms with Crippen LogP contribution in [0.3, 0.4) is 0 Å². The Bertz CT molecular complexity index is 559. The van der Waals surface area contributed by atoms with Gasteiger partial charge in [-0.25, -0.2) is 0 Å². The molecular weight excluding hydrogens is 313 g/mol. The second-order valence-corrected chi connectivity index (χ2v) is 5.31. The Hall–Kier alpha value is -1.96. The molecule has 0 aromatic heterocycles. The third-order valence-corrected chi connectivity index (χ3v) is 3.50. The zero-order valence-electron chi connectivity index (χ0n) is 12.9. The van der Waals surface area contributed by atoms with Gasteiger partial charge < -0.3 is 20.1 Å². The highest BCUT2D eigenvalue weighted by Gasteiger charge is 2.42. The van der Waals surface area contributed by atoms with Gasteiger partial charge >= 0.3 is 6.18 Å². The highest BCUT2D eigenvalue weighted by molar-refractivity contribution is 5.78. The van der Waals surface area contributed by atoms with Gasteiger partial charge in [0.15, 0.2) is 17.5 Å². The van der Waals surface area contributed by atoms with Crippen LogP contribution in [-0.4, -0.2) is 38.9 Å². The van der Waals surface area contributed by atoms with Crippen LogP contribution in [0.4, 0.5) is 13.2 Å². The maximum atomic E-state index is 13.3. The number of alkyl halides is 3. The summed E-state index contributed by atoms with van der Waals surface area (Å²) in [5.74, 6) is -0.211. The molecule has 1 aliphatic rings. The zero-order valence-corrected chi connectivity index (χ0v) is 12.9. The van der Waals surface area contributed by atoms with E-state index in [9.17, 15) is 18.0 Å². The van der Waals surface area contributed by atoms with Crippen LogP contribution >= 0.6 is 0 Å². The van der Waals surface area contributed by atoms with Gasteiger partial charge in [-0.2, -0.15) is 13.2 Å². The van der Waals surface area contributed by atoms with Crippen molar-refractivity contribution >= 4 is 5.91 Å². The summed E-state index contributed by atoms with van der Waals surface area (Å²) in [6.07, 6.45) is -2.72. The minimum Gasteiger partial charge on any atom is -0.493 e. The van der Waals surface area contributed by atoms with E-state index in [1.165, 1.54) is 32.4 Å². The molecule has 8 heteroatoms. The first-order valence-corrected chi connectivity index (χ1v) is 7.16. The molecule has 1 aromatic carbocycles. The van der Waals surface area contributed by atoms with Crippen LogP contribution in [-0.2, 0) is 4.79 Å². The summed E-state index contributed by atoms with van der Waals surface area (Å²) in [6.45, 7) is -0.134. The fourth-order valence-electron chi connectivity index (χ4n) is 2.12. The smallest absolute Gasteiger partial charge is 0.412 e. The molecule has 1 atom stereocenters. The number of nitrogens with one attached hydrogen (secondary N) is 2. The first-order valence-electron chi connectivity index (χ1n) is 7.16. The van der Waals surface area contributed by atoms with Gasteiger partial charge in [-0.05, 0) is 30.5 Å². The molecule has 5 nitrogen and oxygen atoms in total. The van der Waals surface area contributed by atoms with Gasteiger partial charge in [-0.15, -0.1) is 0 Å². The quantitative estimate of drug-likeness (QED) is 0.803. The minimum atomic E-state index is -4.62. The predicted octanol–water partition coefficient (Wildman–Crippen LogP) is 2.18. The molecule has 0 heterocycles. The van der Waals surface area contributed by atoms with Gasteiger partial charge in [0, 0.05) is 6.04 Å². The molecule has 1 aliphatic carbocycles. The third-order valence-electron chi connectivity index (χ3n) is 3.50. The molecular formula is C15H19F3N2O3. The van der Waals surface area contributed by atoms with E-state index in [0.717, 1.165) is 12.8 Å². The Labute approximate surface area is 132 Å². The second kappa shape index (κ2) is 7.08. The van der Waals surface area contributed by atoms with Crippen molar-refractivity contribution in [3.8, 4) is 11.5 Å². The first-order chi connectivity index (χ1) is 10.8. The van der Waals surface area contributed by atoms with Gasteiger partial charge in [-0.1, -0.05) is 6.07 Å². The van der Waals surface area contributed by atoms with E-state index in [1.54, 1.807) is 0 Å². The normalized spacial score (nSPS) is 15.9. The number of ether oxygens (including phenoxy) is 2. The maximum absolute atomic E-state index is 13.3. The maximum Gasteiger partial charge on any atom is 0.412 e. The number of methoxy groups -OCH3 is 2. The number of hydrogen-bond acceptors (Lipinski definition) is 4. The van der Waals surface area contributed by atoms with Gasteiger partial charge in [-0.3, -0.25) is 4.79 Å². The van der Waals surface area contributed by atoms with Crippen LogP contribution in [0.1, 0.15) is 24.4 Å². The molecule has 128 valence electrons. The predicted molar refractivity (Wildman–Crippen MR) is 77.5 cm³/mol. The monoisotopic (exact) mass is 332 g/mol. The summed E-state index contributed by atoms with van der Waals surface area (Å²) in [5.41, 5.74) is -0.116. The summed E-state index contributed by atoms with van der Waals surface area (Å²) in [4.78, 5) is 11.8. The molecule has 0 spiro atoms. The first kappa shape index (κ1) is 17.4. The average molecular weight is 332 g/mol. The van der Waals surface area contributed by atoms with Crippen LogP contribution in [0.5, 0.6) is 11.5 Å². The van der Waals surface area contributed by atoms with Gasteiger partial charge in [0.05, 0.1) is 20.8 Å². The van der Waals surface area contributed by atoms with Crippen molar-refractivity contribution in [1.29, 1.82) is 0 Å². The standard InChI is InChI=1S/C15H19F3N2O3/c1-22-11-6-3-9(7-12(11)23-2)14(15(16,17)18)20-13(21)8-19-10-4-5-10/h3,6-7,10,14,19H,4-5,8H2,1-2H3,(H,20,21). The molecule has 1 aromatic rings. The van der Waals surface area contributed by atoms with Crippen molar-refractivity contribution in [2.24, 2.45) is 0 Å². The minimum absolute atomic E-state index is 0.116. The Morgan fingerprint density at radius 2 is 1.91 bits per heavy atom. The van der Waals surface area contributed by atoms with Gasteiger partial charge in [0.2, 0.25) is 5.91 Å². The van der Waals surface area contributed by atoms with Crippen molar-refractivity contribution in [3.05, 3.63) is 23.8 Å². The molecule has 1 amide bonds. The lowest BCUT2D eigenvalue weighted by molar-refractivity contribution is -0.163. The highest BCUT2D eigenvalue weighted by atomic mass is 19.4. The van der Waals surface area contributed by atoms with Crippen LogP contribution in [0, 0.1) is 0 Å². The Kier molecular flexibility index (Phi) is 5.35. The molecule has 0 bridgehead atoms. The fourth-order valence-corrected chi connectivity index (χ4v) is 2.12. The van der Waals surface area contributed by atoms with Crippen LogP contribution in [0.25, 0.3) is 0 Å². The summed E-state index contributed by atoms with van der Waals surface area (Å²) in [7, 11) is 2.73. The highest BCUT2D eigenvalue weighted by Crippen LogP contribution is 2.37. The Morgan fingerprint density at radius 1 is 1.26 bits per heavy atom. The van der Waals surface area contributed by atoms with E-state index in [4.69, 9.17) is 9.47 Å². The lowest BCUT2D eigenvalue weighted by Crippen LogP contribution is -2.42. The van der Waals surface area contributed by atoms with Crippen molar-refractivity contribution in [1.82, 2.24) is 10.6 Å². The fraction of sp³-hybridized carbons (Fsp3) is 0.533. The molecule has 23 heavy (non-hydrogen) atoms. The molecule has 0 radical (unpaired) electrons. The van der Waals surface area contributed by atoms with Crippen LogP contribution < -0.4 is 20.1 Å². The number of hydrogen-bond donors (Lipinski definition) is 2. The van der Waals surface area contributed by atoms with Gasteiger partial charge in [0.1, 0.15) is 0 Å². The van der Waals surface area contributed by atoms with Crippen LogP contribution in [0.2, 0.25) is 0 Å². The summed E-state index contributed by atoms with van der Waals surface area (Å²) >= 11 is 0. The van der Waals surface area contributed by atoms with Crippen molar-refractivity contribution in [2.45, 2.75) is 31.1 Å². The third kappa shape index (κ3) is 4.75. The van der Waals surface area contributed by atoms with E-state index in [2.05, 4.69) is 5.32 Å². The number of rotatable bonds is 7. The molecule has 0 aliphatic heterocycles. The molecule has 2 rings (SSSR count). The average Bonchev–Trinajstić information content (AvgIpc) is 3.33. The Morgan fingerprint density at radius 3 is 2.43 bits per heavy atom. The van der Waals surface area contributed by atoms with E-state index in [-0.39, 0.29) is 23.9 Å². The number of benzene rings is 1. The number of carbonyl (C=O) groups excluding carboxylic acids is 1. The molecule has 0 saturated heterocycles.